The first-order valence-corrected chi connectivity index (χ1v) is 5.16. The molecule has 0 atom stereocenters. The second kappa shape index (κ2) is 5.08. The molecule has 0 fully saturated rings. The van der Waals surface area contributed by atoms with E-state index in [2.05, 4.69) is 31.0 Å². The maximum absolute atomic E-state index is 7.23. The van der Waals surface area contributed by atoms with Crippen molar-refractivity contribution in [3.63, 3.8) is 0 Å². The average molecular weight is 247 g/mol. The summed E-state index contributed by atoms with van der Waals surface area (Å²) in [6.45, 7) is 1.84. The molecule has 2 heterocycles. The number of nitrogens with one attached hydrogen (secondary N) is 3. The van der Waals surface area contributed by atoms with E-state index in [0.717, 1.165) is 5.69 Å². The Morgan fingerprint density at radius 2 is 2.28 bits per heavy atom. The normalized spacial score (nSPS) is 13.1. The molecule has 18 heavy (non-hydrogen) atoms. The minimum absolute atomic E-state index is 0.310. The summed E-state index contributed by atoms with van der Waals surface area (Å²) >= 11 is 0. The molecule has 0 aromatic carbocycles. The van der Waals surface area contributed by atoms with Crippen molar-refractivity contribution >= 4 is 12.3 Å². The van der Waals surface area contributed by atoms with Crippen molar-refractivity contribution in [3.8, 4) is 0 Å². The molecule has 0 bridgehead atoms. The lowest BCUT2D eigenvalue weighted by molar-refractivity contribution is 0.330. The van der Waals surface area contributed by atoms with E-state index in [0.29, 0.717) is 11.8 Å². The molecule has 1 aromatic rings. The third kappa shape index (κ3) is 2.34. The zero-order valence-electron chi connectivity index (χ0n) is 9.99. The van der Waals surface area contributed by atoms with Gasteiger partial charge < -0.3 is 0 Å². The van der Waals surface area contributed by atoms with Gasteiger partial charge >= 0.3 is 0 Å². The van der Waals surface area contributed by atoms with E-state index >= 15 is 0 Å². The van der Waals surface area contributed by atoms with Gasteiger partial charge in [-0.1, -0.05) is 5.22 Å². The highest BCUT2D eigenvalue weighted by molar-refractivity contribution is 5.56. The fraction of sp³-hybridized carbons (Fsp3) is 0.222. The van der Waals surface area contributed by atoms with Gasteiger partial charge in [-0.05, 0) is 13.0 Å². The largest absolute Gasteiger partial charge is 0.289 e. The Morgan fingerprint density at radius 1 is 1.44 bits per heavy atom. The Bertz CT molecular complexity index is 495. The molecule has 1 aliphatic rings. The SMILES string of the molecule is Cc1ccnc(N(N=N)N(C)C2=CN=CNN2)n1. The third-order valence-corrected chi connectivity index (χ3v) is 2.22. The summed E-state index contributed by atoms with van der Waals surface area (Å²) in [4.78, 5) is 12.2. The highest BCUT2D eigenvalue weighted by Gasteiger charge is 2.18. The van der Waals surface area contributed by atoms with Crippen molar-refractivity contribution in [1.82, 2.24) is 25.8 Å². The van der Waals surface area contributed by atoms with Crippen molar-refractivity contribution in [3.05, 3.63) is 30.0 Å². The number of hydrazine groups is 2. The zero-order valence-corrected chi connectivity index (χ0v) is 9.99. The summed E-state index contributed by atoms with van der Waals surface area (Å²) < 4.78 is 0. The van der Waals surface area contributed by atoms with Crippen LogP contribution in [0.4, 0.5) is 5.95 Å². The van der Waals surface area contributed by atoms with Gasteiger partial charge in [-0.25, -0.2) is 20.0 Å². The highest BCUT2D eigenvalue weighted by atomic mass is 15.8. The van der Waals surface area contributed by atoms with E-state index in [1.165, 1.54) is 11.5 Å². The Balaban J connectivity index is 2.25. The molecular formula is C9H13N9. The third-order valence-electron chi connectivity index (χ3n) is 2.22. The summed E-state index contributed by atoms with van der Waals surface area (Å²) in [5, 5.41) is 6.20. The summed E-state index contributed by atoms with van der Waals surface area (Å²) in [6, 6.07) is 1.77. The van der Waals surface area contributed by atoms with Crippen molar-refractivity contribution < 1.29 is 0 Å². The number of hydrogen-bond acceptors (Lipinski definition) is 8. The van der Waals surface area contributed by atoms with Crippen molar-refractivity contribution in [1.29, 1.82) is 5.53 Å². The fourth-order valence-electron chi connectivity index (χ4n) is 1.33. The average Bonchev–Trinajstić information content (AvgIpc) is 2.40. The van der Waals surface area contributed by atoms with Gasteiger partial charge in [-0.2, -0.15) is 5.53 Å². The maximum atomic E-state index is 7.23. The molecule has 0 unspecified atom stereocenters. The molecular weight excluding hydrogens is 234 g/mol. The first-order valence-electron chi connectivity index (χ1n) is 5.16. The summed E-state index contributed by atoms with van der Waals surface area (Å²) in [7, 11) is 1.71. The molecule has 94 valence electrons. The first kappa shape index (κ1) is 11.8. The fourth-order valence-corrected chi connectivity index (χ4v) is 1.33. The molecule has 0 spiro atoms. The summed E-state index contributed by atoms with van der Waals surface area (Å²) in [6.07, 6.45) is 4.70. The summed E-state index contributed by atoms with van der Waals surface area (Å²) in [5.41, 5.74) is 13.6. The number of aliphatic imine (C=N–C) groups is 1. The van der Waals surface area contributed by atoms with Gasteiger partial charge in [0.1, 0.15) is 6.34 Å². The van der Waals surface area contributed by atoms with Gasteiger partial charge in [0.15, 0.2) is 5.82 Å². The van der Waals surface area contributed by atoms with Crippen LogP contribution < -0.4 is 16.0 Å². The molecule has 0 saturated heterocycles. The van der Waals surface area contributed by atoms with Crippen molar-refractivity contribution in [2.45, 2.75) is 6.92 Å². The lowest BCUT2D eigenvalue weighted by Gasteiger charge is -2.29. The molecule has 0 aliphatic carbocycles. The predicted octanol–water partition coefficient (Wildman–Crippen LogP) is 0.319. The maximum Gasteiger partial charge on any atom is 0.268 e. The molecule has 0 saturated carbocycles. The number of anilines is 1. The molecule has 3 N–H and O–H groups in total. The Kier molecular flexibility index (Phi) is 3.32. The van der Waals surface area contributed by atoms with E-state index in [1.807, 2.05) is 6.92 Å². The second-order valence-corrected chi connectivity index (χ2v) is 3.47. The van der Waals surface area contributed by atoms with Gasteiger partial charge in [0.2, 0.25) is 0 Å². The molecule has 0 amide bonds. The van der Waals surface area contributed by atoms with Crippen LogP contribution in [0.3, 0.4) is 0 Å². The van der Waals surface area contributed by atoms with Crippen molar-refractivity contribution in [2.75, 3.05) is 12.2 Å². The van der Waals surface area contributed by atoms with Gasteiger partial charge in [-0.3, -0.25) is 10.9 Å². The van der Waals surface area contributed by atoms with Gasteiger partial charge in [0.05, 0.1) is 6.20 Å². The lowest BCUT2D eigenvalue weighted by Crippen LogP contribution is -2.45. The molecule has 1 aliphatic heterocycles. The van der Waals surface area contributed by atoms with E-state index in [1.54, 1.807) is 30.5 Å². The molecule has 9 heteroatoms. The van der Waals surface area contributed by atoms with E-state index in [-0.39, 0.29) is 0 Å². The minimum Gasteiger partial charge on any atom is -0.289 e. The van der Waals surface area contributed by atoms with Crippen LogP contribution in [0.15, 0.2) is 34.5 Å². The van der Waals surface area contributed by atoms with Crippen LogP contribution in [-0.4, -0.2) is 28.4 Å². The lowest BCUT2D eigenvalue weighted by atomic mass is 10.5. The van der Waals surface area contributed by atoms with Crippen LogP contribution in [0.25, 0.3) is 0 Å². The Morgan fingerprint density at radius 3 is 2.89 bits per heavy atom. The summed E-state index contributed by atoms with van der Waals surface area (Å²) in [5.74, 6) is 0.920. The van der Waals surface area contributed by atoms with E-state index in [9.17, 15) is 0 Å². The van der Waals surface area contributed by atoms with Gasteiger partial charge in [-0.15, -0.1) is 5.12 Å². The Labute approximate surface area is 104 Å². The van der Waals surface area contributed by atoms with E-state index in [4.69, 9.17) is 5.53 Å². The monoisotopic (exact) mass is 247 g/mol. The quantitative estimate of drug-likeness (QED) is 0.522. The first-order chi connectivity index (χ1) is 8.72. The van der Waals surface area contributed by atoms with Crippen LogP contribution in [0, 0.1) is 12.5 Å². The molecule has 2 rings (SSSR count). The predicted molar refractivity (Wildman–Crippen MR) is 65.0 cm³/mol. The smallest absolute Gasteiger partial charge is 0.268 e. The van der Waals surface area contributed by atoms with Crippen LogP contribution in [0.5, 0.6) is 0 Å². The van der Waals surface area contributed by atoms with Crippen molar-refractivity contribution in [2.24, 2.45) is 10.2 Å². The topological polar surface area (TPSA) is 105 Å². The minimum atomic E-state index is 0.310. The molecule has 0 radical (unpaired) electrons. The van der Waals surface area contributed by atoms with Crippen LogP contribution in [-0.2, 0) is 0 Å². The Hall–Kier alpha value is -2.71. The highest BCUT2D eigenvalue weighted by Crippen LogP contribution is 2.13. The van der Waals surface area contributed by atoms with Crippen LogP contribution in [0.2, 0.25) is 0 Å². The number of nitrogens with zero attached hydrogens (tertiary/aromatic N) is 6. The zero-order chi connectivity index (χ0) is 13.0. The van der Waals surface area contributed by atoms with Crippen LogP contribution >= 0.6 is 0 Å². The number of rotatable bonds is 4. The number of hydrogen-bond donors (Lipinski definition) is 3. The second-order valence-electron chi connectivity index (χ2n) is 3.47. The molecule has 1 aromatic heterocycles. The number of aryl methyl sites for hydroxylation is 1. The van der Waals surface area contributed by atoms with Crippen LogP contribution in [0.1, 0.15) is 5.69 Å². The van der Waals surface area contributed by atoms with Gasteiger partial charge in [0.25, 0.3) is 5.95 Å². The van der Waals surface area contributed by atoms with Gasteiger partial charge in [0, 0.05) is 18.9 Å². The number of aromatic nitrogens is 2. The van der Waals surface area contributed by atoms with E-state index < -0.39 is 0 Å². The molecule has 9 nitrogen and oxygen atoms in total. The standard InChI is InChI=1S/C9H13N9/c1-7-3-4-12-9(14-7)18(16-10)17(2)8-5-11-6-13-15-8/h3-6,10,15H,1-2H3,(H,11,13).